The minimum absolute atomic E-state index is 0.188. The third-order valence-electron chi connectivity index (χ3n) is 4.97. The lowest BCUT2D eigenvalue weighted by Crippen LogP contribution is -2.32. The first-order chi connectivity index (χ1) is 15.1. The molecule has 1 heterocycles. The van der Waals surface area contributed by atoms with Crippen LogP contribution in [0.15, 0.2) is 83.5 Å². The first kappa shape index (κ1) is 20.4. The van der Waals surface area contributed by atoms with Crippen molar-refractivity contribution in [1.29, 1.82) is 0 Å². The first-order valence-electron chi connectivity index (χ1n) is 10.2. The van der Waals surface area contributed by atoms with Crippen molar-refractivity contribution in [1.82, 2.24) is 0 Å². The fourth-order valence-corrected chi connectivity index (χ4v) is 3.53. The molecule has 5 nitrogen and oxygen atoms in total. The van der Waals surface area contributed by atoms with Crippen LogP contribution in [0.4, 0.5) is 5.69 Å². The van der Waals surface area contributed by atoms with E-state index in [-0.39, 0.29) is 5.91 Å². The van der Waals surface area contributed by atoms with E-state index in [1.807, 2.05) is 86.6 Å². The highest BCUT2D eigenvalue weighted by Gasteiger charge is 2.32. The van der Waals surface area contributed by atoms with E-state index >= 15 is 0 Å². The number of amidine groups is 1. The minimum atomic E-state index is -0.188. The number of methoxy groups -OCH3 is 1. The van der Waals surface area contributed by atoms with Gasteiger partial charge in [-0.1, -0.05) is 42.0 Å². The van der Waals surface area contributed by atoms with Crippen LogP contribution in [0.25, 0.3) is 6.08 Å². The van der Waals surface area contributed by atoms with Crippen LogP contribution in [0, 0.1) is 6.92 Å². The van der Waals surface area contributed by atoms with Crippen LogP contribution in [0.3, 0.4) is 0 Å². The number of aliphatic imine (C=N–C) groups is 1. The summed E-state index contributed by atoms with van der Waals surface area (Å²) in [5.74, 6) is 1.86. The van der Waals surface area contributed by atoms with Gasteiger partial charge in [-0.3, -0.25) is 9.69 Å². The molecule has 0 spiro atoms. The van der Waals surface area contributed by atoms with Crippen molar-refractivity contribution in [3.05, 3.63) is 95.2 Å². The second-order valence-corrected chi connectivity index (χ2v) is 7.14. The molecule has 3 aromatic carbocycles. The average Bonchev–Trinajstić information content (AvgIpc) is 3.11. The van der Waals surface area contributed by atoms with Crippen LogP contribution in [-0.4, -0.2) is 25.5 Å². The van der Waals surface area contributed by atoms with Crippen molar-refractivity contribution >= 4 is 23.5 Å². The molecule has 1 aliphatic heterocycles. The summed E-state index contributed by atoms with van der Waals surface area (Å²) in [6.07, 6.45) is 1.77. The molecule has 0 unspecified atom stereocenters. The molecule has 0 fully saturated rings. The third kappa shape index (κ3) is 4.21. The summed E-state index contributed by atoms with van der Waals surface area (Å²) in [6.45, 7) is 4.55. The normalized spacial score (nSPS) is 14.7. The molecule has 0 aromatic heterocycles. The van der Waals surface area contributed by atoms with Gasteiger partial charge in [0.15, 0.2) is 0 Å². The van der Waals surface area contributed by atoms with Gasteiger partial charge in [-0.05, 0) is 56.3 Å². The number of carbonyl (C=O) groups is 1. The standard InChI is InChI=1S/C26H24N2O3/c1-4-31-22-14-12-21(13-15-22)28-25(20-10-7-8-18(2)16-20)27-23(26(28)29)17-19-9-5-6-11-24(19)30-3/h5-17H,4H2,1-3H3/b23-17+. The molecule has 4 rings (SSSR count). The van der Waals surface area contributed by atoms with Crippen LogP contribution >= 0.6 is 0 Å². The maximum atomic E-state index is 13.5. The number of hydrogen-bond donors (Lipinski definition) is 0. The number of ether oxygens (including phenoxy) is 2. The van der Waals surface area contributed by atoms with Gasteiger partial charge in [-0.2, -0.15) is 0 Å². The number of rotatable bonds is 6. The molecule has 1 aliphatic rings. The Morgan fingerprint density at radius 2 is 1.77 bits per heavy atom. The molecule has 31 heavy (non-hydrogen) atoms. The fraction of sp³-hybridized carbons (Fsp3) is 0.154. The lowest BCUT2D eigenvalue weighted by molar-refractivity contribution is -0.113. The lowest BCUT2D eigenvalue weighted by Gasteiger charge is -2.19. The zero-order valence-corrected chi connectivity index (χ0v) is 17.8. The van der Waals surface area contributed by atoms with E-state index in [4.69, 9.17) is 14.5 Å². The fourth-order valence-electron chi connectivity index (χ4n) is 3.53. The SMILES string of the molecule is CCOc1ccc(N2C(=O)/C(=C\c3ccccc3OC)N=C2c2cccc(C)c2)cc1. The Kier molecular flexibility index (Phi) is 5.85. The summed E-state index contributed by atoms with van der Waals surface area (Å²) in [6, 6.07) is 23.0. The number of hydrogen-bond acceptors (Lipinski definition) is 4. The van der Waals surface area contributed by atoms with Gasteiger partial charge in [0, 0.05) is 11.1 Å². The Bertz CT molecular complexity index is 1160. The zero-order valence-electron chi connectivity index (χ0n) is 17.8. The van der Waals surface area contributed by atoms with Crippen molar-refractivity contribution in [2.45, 2.75) is 13.8 Å². The van der Waals surface area contributed by atoms with Crippen molar-refractivity contribution in [2.24, 2.45) is 4.99 Å². The largest absolute Gasteiger partial charge is 0.496 e. The topological polar surface area (TPSA) is 51.1 Å². The first-order valence-corrected chi connectivity index (χ1v) is 10.2. The molecule has 0 bridgehead atoms. The molecule has 0 saturated heterocycles. The molecule has 156 valence electrons. The van der Waals surface area contributed by atoms with Gasteiger partial charge < -0.3 is 9.47 Å². The summed E-state index contributed by atoms with van der Waals surface area (Å²) >= 11 is 0. The molecule has 0 N–H and O–H groups in total. The number of aryl methyl sites for hydroxylation is 1. The highest BCUT2D eigenvalue weighted by molar-refractivity contribution is 6.33. The summed E-state index contributed by atoms with van der Waals surface area (Å²) in [4.78, 5) is 19.8. The van der Waals surface area contributed by atoms with Gasteiger partial charge in [0.25, 0.3) is 5.91 Å². The number of benzene rings is 3. The molecule has 0 aliphatic carbocycles. The number of anilines is 1. The minimum Gasteiger partial charge on any atom is -0.496 e. The monoisotopic (exact) mass is 412 g/mol. The van der Waals surface area contributed by atoms with E-state index in [0.29, 0.717) is 23.9 Å². The highest BCUT2D eigenvalue weighted by atomic mass is 16.5. The van der Waals surface area contributed by atoms with E-state index in [9.17, 15) is 4.79 Å². The van der Waals surface area contributed by atoms with E-state index in [2.05, 4.69) is 0 Å². The van der Waals surface area contributed by atoms with Crippen LogP contribution in [0.1, 0.15) is 23.6 Å². The molecule has 0 atom stereocenters. The Labute approximate surface area is 182 Å². The number of nitrogens with zero attached hydrogens (tertiary/aromatic N) is 2. The third-order valence-corrected chi connectivity index (χ3v) is 4.97. The van der Waals surface area contributed by atoms with Crippen molar-refractivity contribution < 1.29 is 14.3 Å². The molecule has 0 saturated carbocycles. The zero-order chi connectivity index (χ0) is 21.8. The number of carbonyl (C=O) groups excluding carboxylic acids is 1. The molecule has 1 amide bonds. The lowest BCUT2D eigenvalue weighted by atomic mass is 10.1. The predicted octanol–water partition coefficient (Wildman–Crippen LogP) is 5.24. The van der Waals surface area contributed by atoms with Gasteiger partial charge >= 0.3 is 0 Å². The Morgan fingerprint density at radius 1 is 1.00 bits per heavy atom. The predicted molar refractivity (Wildman–Crippen MR) is 124 cm³/mol. The molecular formula is C26H24N2O3. The van der Waals surface area contributed by atoms with Crippen molar-refractivity contribution in [2.75, 3.05) is 18.6 Å². The van der Waals surface area contributed by atoms with E-state index in [1.165, 1.54) is 0 Å². The van der Waals surface area contributed by atoms with E-state index in [1.54, 1.807) is 18.1 Å². The van der Waals surface area contributed by atoms with Crippen LogP contribution in [0.5, 0.6) is 11.5 Å². The Hall–Kier alpha value is -3.86. The Balaban J connectivity index is 1.80. The molecule has 3 aromatic rings. The van der Waals surface area contributed by atoms with Gasteiger partial charge in [0.1, 0.15) is 23.0 Å². The van der Waals surface area contributed by atoms with Crippen molar-refractivity contribution in [3.8, 4) is 11.5 Å². The van der Waals surface area contributed by atoms with E-state index < -0.39 is 0 Å². The summed E-state index contributed by atoms with van der Waals surface area (Å²) in [7, 11) is 1.61. The summed E-state index contributed by atoms with van der Waals surface area (Å²) < 4.78 is 11.0. The Morgan fingerprint density at radius 3 is 2.48 bits per heavy atom. The molecule has 0 radical (unpaired) electrons. The second kappa shape index (κ2) is 8.88. The quantitative estimate of drug-likeness (QED) is 0.521. The van der Waals surface area contributed by atoms with Gasteiger partial charge in [-0.15, -0.1) is 0 Å². The van der Waals surface area contributed by atoms with Crippen LogP contribution in [0.2, 0.25) is 0 Å². The van der Waals surface area contributed by atoms with Crippen molar-refractivity contribution in [3.63, 3.8) is 0 Å². The highest BCUT2D eigenvalue weighted by Crippen LogP contribution is 2.30. The van der Waals surface area contributed by atoms with Crippen LogP contribution < -0.4 is 14.4 Å². The van der Waals surface area contributed by atoms with E-state index in [0.717, 1.165) is 28.1 Å². The average molecular weight is 412 g/mol. The van der Waals surface area contributed by atoms with Gasteiger partial charge in [-0.25, -0.2) is 4.99 Å². The smallest absolute Gasteiger partial charge is 0.282 e. The van der Waals surface area contributed by atoms with Gasteiger partial charge in [0.05, 0.1) is 19.4 Å². The number of para-hydroxylation sites is 1. The maximum Gasteiger partial charge on any atom is 0.282 e. The number of amides is 1. The maximum absolute atomic E-state index is 13.5. The molecule has 5 heteroatoms. The molecular weight excluding hydrogens is 388 g/mol. The second-order valence-electron chi connectivity index (χ2n) is 7.14. The summed E-state index contributed by atoms with van der Waals surface area (Å²) in [5, 5.41) is 0. The van der Waals surface area contributed by atoms with Gasteiger partial charge in [0.2, 0.25) is 0 Å². The summed E-state index contributed by atoms with van der Waals surface area (Å²) in [5.41, 5.74) is 3.87. The van der Waals surface area contributed by atoms with Crippen LogP contribution in [-0.2, 0) is 4.79 Å².